The Labute approximate surface area is 182 Å². The Kier molecular flexibility index (Phi) is 6.64. The van der Waals surface area contributed by atoms with Gasteiger partial charge in [0.2, 0.25) is 0 Å². The zero-order valence-electron chi connectivity index (χ0n) is 17.6. The molecular formula is C24H28N4O3. The molecule has 2 aromatic carbocycles. The van der Waals surface area contributed by atoms with Gasteiger partial charge in [-0.1, -0.05) is 30.3 Å². The van der Waals surface area contributed by atoms with Gasteiger partial charge in [0.1, 0.15) is 11.5 Å². The number of aromatic carboxylic acids is 1. The summed E-state index contributed by atoms with van der Waals surface area (Å²) in [5.74, 6) is 3.56. The van der Waals surface area contributed by atoms with E-state index in [-0.39, 0.29) is 5.69 Å². The molecule has 0 spiro atoms. The SMILES string of the molecule is Cn1cnc(C(=O)O)c1.c1ccc(Oc2ccc(CNCC3C4CNCC34)cc2)cc1. The van der Waals surface area contributed by atoms with Gasteiger partial charge in [0.25, 0.3) is 0 Å². The lowest BCUT2D eigenvalue weighted by atomic mass is 10.2. The van der Waals surface area contributed by atoms with E-state index in [9.17, 15) is 4.79 Å². The van der Waals surface area contributed by atoms with Crippen molar-refractivity contribution < 1.29 is 14.6 Å². The number of imidazole rings is 1. The average molecular weight is 421 g/mol. The third-order valence-electron chi connectivity index (χ3n) is 5.80. The van der Waals surface area contributed by atoms with Crippen LogP contribution in [0.2, 0.25) is 0 Å². The van der Waals surface area contributed by atoms with Gasteiger partial charge in [-0.05, 0) is 67.2 Å². The van der Waals surface area contributed by atoms with Crippen molar-refractivity contribution in [2.45, 2.75) is 6.54 Å². The highest BCUT2D eigenvalue weighted by Crippen LogP contribution is 2.47. The van der Waals surface area contributed by atoms with Crippen LogP contribution in [0, 0.1) is 17.8 Å². The van der Waals surface area contributed by atoms with Crippen molar-refractivity contribution in [2.75, 3.05) is 19.6 Å². The molecule has 3 N–H and O–H groups in total. The van der Waals surface area contributed by atoms with Gasteiger partial charge in [-0.15, -0.1) is 0 Å². The first-order valence-corrected chi connectivity index (χ1v) is 10.5. The minimum atomic E-state index is -0.990. The summed E-state index contributed by atoms with van der Waals surface area (Å²) in [5, 5.41) is 15.4. The number of rotatable bonds is 7. The molecule has 3 aromatic rings. The number of hydrogen-bond acceptors (Lipinski definition) is 5. The van der Waals surface area contributed by atoms with E-state index in [0.29, 0.717) is 0 Å². The van der Waals surface area contributed by atoms with Gasteiger partial charge in [-0.2, -0.15) is 0 Å². The fourth-order valence-corrected chi connectivity index (χ4v) is 4.06. The lowest BCUT2D eigenvalue weighted by Gasteiger charge is -2.09. The van der Waals surface area contributed by atoms with Crippen LogP contribution in [-0.4, -0.2) is 40.3 Å². The van der Waals surface area contributed by atoms with Crippen molar-refractivity contribution in [3.63, 3.8) is 0 Å². The predicted molar refractivity (Wildman–Crippen MR) is 118 cm³/mol. The largest absolute Gasteiger partial charge is 0.476 e. The predicted octanol–water partition coefficient (Wildman–Crippen LogP) is 3.15. The van der Waals surface area contributed by atoms with E-state index < -0.39 is 5.97 Å². The van der Waals surface area contributed by atoms with Crippen LogP contribution in [-0.2, 0) is 13.6 Å². The van der Waals surface area contributed by atoms with Gasteiger partial charge in [0.05, 0.1) is 6.33 Å². The Morgan fingerprint density at radius 3 is 2.39 bits per heavy atom. The summed E-state index contributed by atoms with van der Waals surface area (Å²) >= 11 is 0. The van der Waals surface area contributed by atoms with Gasteiger partial charge in [0.15, 0.2) is 5.69 Å². The first kappa shape index (κ1) is 21.1. The van der Waals surface area contributed by atoms with E-state index in [1.807, 2.05) is 42.5 Å². The molecule has 1 aliphatic carbocycles. The molecule has 31 heavy (non-hydrogen) atoms. The molecule has 0 amide bonds. The Hall–Kier alpha value is -3.16. The number of benzene rings is 2. The van der Waals surface area contributed by atoms with Crippen molar-refractivity contribution in [1.29, 1.82) is 0 Å². The molecule has 2 fully saturated rings. The maximum Gasteiger partial charge on any atom is 0.356 e. The van der Waals surface area contributed by atoms with Crippen molar-refractivity contribution in [3.8, 4) is 11.5 Å². The minimum Gasteiger partial charge on any atom is -0.476 e. The normalized spacial score (nSPS) is 21.0. The van der Waals surface area contributed by atoms with E-state index in [4.69, 9.17) is 9.84 Å². The molecule has 0 bridgehead atoms. The second kappa shape index (κ2) is 9.76. The molecule has 2 unspecified atom stereocenters. The van der Waals surface area contributed by atoms with E-state index in [0.717, 1.165) is 42.3 Å². The molecule has 7 heteroatoms. The number of aromatic nitrogens is 2. The maximum absolute atomic E-state index is 10.1. The minimum absolute atomic E-state index is 0.0810. The number of carboxylic acid groups (broad SMARTS) is 1. The van der Waals surface area contributed by atoms with Crippen LogP contribution in [0.4, 0.5) is 0 Å². The number of hydrogen-bond donors (Lipinski definition) is 3. The third kappa shape index (κ3) is 5.71. The fraction of sp³-hybridized carbons (Fsp3) is 0.333. The van der Waals surface area contributed by atoms with E-state index >= 15 is 0 Å². The van der Waals surface area contributed by atoms with Crippen molar-refractivity contribution >= 4 is 5.97 Å². The number of ether oxygens (including phenoxy) is 1. The number of aryl methyl sites for hydroxylation is 1. The van der Waals surface area contributed by atoms with Crippen LogP contribution in [0.3, 0.4) is 0 Å². The smallest absolute Gasteiger partial charge is 0.356 e. The summed E-state index contributed by atoms with van der Waals surface area (Å²) in [6.07, 6.45) is 2.89. The van der Waals surface area contributed by atoms with Crippen molar-refractivity contribution in [3.05, 3.63) is 78.4 Å². The Morgan fingerprint density at radius 2 is 1.81 bits per heavy atom. The molecule has 2 aliphatic rings. The molecular weight excluding hydrogens is 392 g/mol. The molecule has 1 saturated heterocycles. The van der Waals surface area contributed by atoms with Gasteiger partial charge in [0, 0.05) is 19.8 Å². The quantitative estimate of drug-likeness (QED) is 0.544. The molecule has 2 atom stereocenters. The zero-order valence-corrected chi connectivity index (χ0v) is 17.6. The van der Waals surface area contributed by atoms with Gasteiger partial charge < -0.3 is 25.0 Å². The van der Waals surface area contributed by atoms with Crippen LogP contribution < -0.4 is 15.4 Å². The van der Waals surface area contributed by atoms with Crippen molar-refractivity contribution in [2.24, 2.45) is 24.8 Å². The molecule has 1 aromatic heterocycles. The number of para-hydroxylation sites is 1. The highest BCUT2D eigenvalue weighted by Gasteiger charge is 2.51. The molecule has 1 aliphatic heterocycles. The Bertz CT molecular complexity index is 978. The molecule has 2 heterocycles. The van der Waals surface area contributed by atoms with Crippen LogP contribution in [0.25, 0.3) is 0 Å². The number of carboxylic acids is 1. The highest BCUT2D eigenvalue weighted by molar-refractivity contribution is 5.84. The summed E-state index contributed by atoms with van der Waals surface area (Å²) in [6, 6.07) is 18.3. The number of piperidine rings is 1. The van der Waals surface area contributed by atoms with Crippen LogP contribution >= 0.6 is 0 Å². The van der Waals surface area contributed by atoms with Crippen molar-refractivity contribution in [1.82, 2.24) is 20.2 Å². The van der Waals surface area contributed by atoms with Crippen LogP contribution in [0.15, 0.2) is 67.1 Å². The first-order valence-electron chi connectivity index (χ1n) is 10.5. The van der Waals surface area contributed by atoms with Crippen LogP contribution in [0.5, 0.6) is 11.5 Å². The highest BCUT2D eigenvalue weighted by atomic mass is 16.5. The molecule has 0 radical (unpaired) electrons. The second-order valence-corrected chi connectivity index (χ2v) is 8.07. The lowest BCUT2D eigenvalue weighted by molar-refractivity contribution is 0.0691. The Morgan fingerprint density at radius 1 is 1.13 bits per heavy atom. The van der Waals surface area contributed by atoms with E-state index in [2.05, 4.69) is 27.8 Å². The zero-order chi connectivity index (χ0) is 21.6. The summed E-state index contributed by atoms with van der Waals surface area (Å²) in [4.78, 5) is 13.7. The van der Waals surface area contributed by atoms with Crippen LogP contribution in [0.1, 0.15) is 16.1 Å². The standard InChI is InChI=1S/C19H22N2O.C5H6N2O2/c1-2-4-15(5-3-1)22-16-8-6-14(7-9-16)10-20-11-17-18-12-21-13-19(17)18;1-7-2-4(5(8)9)6-3-7/h1-9,17-21H,10-13H2;2-3H,1H3,(H,8,9). The molecule has 162 valence electrons. The van der Waals surface area contributed by atoms with E-state index in [1.54, 1.807) is 11.6 Å². The molecule has 7 nitrogen and oxygen atoms in total. The monoisotopic (exact) mass is 420 g/mol. The van der Waals surface area contributed by atoms with Gasteiger partial charge in [-0.3, -0.25) is 0 Å². The fourth-order valence-electron chi connectivity index (χ4n) is 4.06. The van der Waals surface area contributed by atoms with E-state index in [1.165, 1.54) is 31.2 Å². The topological polar surface area (TPSA) is 88.4 Å². The number of nitrogens with zero attached hydrogens (tertiary/aromatic N) is 2. The second-order valence-electron chi connectivity index (χ2n) is 8.07. The molecule has 5 rings (SSSR count). The first-order chi connectivity index (χ1) is 15.1. The molecule has 1 saturated carbocycles. The summed E-state index contributed by atoms with van der Waals surface area (Å²) < 4.78 is 7.40. The van der Waals surface area contributed by atoms with Gasteiger partial charge >= 0.3 is 5.97 Å². The summed E-state index contributed by atoms with van der Waals surface area (Å²) in [6.45, 7) is 4.54. The number of nitrogens with one attached hydrogen (secondary N) is 2. The average Bonchev–Trinajstić information content (AvgIpc) is 3.13. The summed E-state index contributed by atoms with van der Waals surface area (Å²) in [7, 11) is 1.72. The third-order valence-corrected chi connectivity index (χ3v) is 5.80. The maximum atomic E-state index is 10.1. The lowest BCUT2D eigenvalue weighted by Crippen LogP contribution is -2.23. The number of fused-ring (bicyclic) bond motifs is 1. The number of carbonyl (C=O) groups is 1. The van der Waals surface area contributed by atoms with Gasteiger partial charge in [-0.25, -0.2) is 9.78 Å². The summed E-state index contributed by atoms with van der Waals surface area (Å²) in [5.41, 5.74) is 1.39. The Balaban J connectivity index is 0.000000217.